The number of benzene rings is 1. The third-order valence-corrected chi connectivity index (χ3v) is 1.53. The monoisotopic (exact) mass is 179 g/mol. The Morgan fingerprint density at radius 2 is 1.69 bits per heavy atom. The highest BCUT2D eigenvalue weighted by Gasteiger charge is 2.07. The van der Waals surface area contributed by atoms with E-state index in [1.54, 1.807) is 6.92 Å². The molecule has 0 heterocycles. The van der Waals surface area contributed by atoms with E-state index in [2.05, 4.69) is 0 Å². The molecule has 0 aliphatic carbocycles. The van der Waals surface area contributed by atoms with Crippen molar-refractivity contribution in [3.8, 4) is 0 Å². The van der Waals surface area contributed by atoms with Crippen LogP contribution in [0.3, 0.4) is 0 Å². The maximum Gasteiger partial charge on any atom is 0.116 e. The second-order valence-electron chi connectivity index (χ2n) is 2.50. The van der Waals surface area contributed by atoms with Gasteiger partial charge < -0.3 is 10.5 Å². The van der Waals surface area contributed by atoms with Crippen molar-refractivity contribution in [2.24, 2.45) is 0 Å². The summed E-state index contributed by atoms with van der Waals surface area (Å²) in [6.45, 7) is 5.59. The first-order valence-corrected chi connectivity index (χ1v) is 4.50. The van der Waals surface area contributed by atoms with Crippen molar-refractivity contribution in [1.29, 1.82) is 5.41 Å². The first kappa shape index (κ1) is 11.8. The van der Waals surface area contributed by atoms with Gasteiger partial charge in [0.05, 0.1) is 0 Å². The molecule has 0 saturated heterocycles. The largest absolute Gasteiger partial charge is 0.382 e. The number of nitrogens with one attached hydrogen (secondary N) is 1. The van der Waals surface area contributed by atoms with Crippen LogP contribution in [0.1, 0.15) is 32.4 Å². The van der Waals surface area contributed by atoms with Gasteiger partial charge in [0.25, 0.3) is 0 Å². The molecule has 0 saturated carbocycles. The summed E-state index contributed by atoms with van der Waals surface area (Å²) < 4.78 is 0. The SMILES string of the molecule is CC.CC(=N)C(O)c1ccccc1. The first-order chi connectivity index (χ1) is 6.22. The summed E-state index contributed by atoms with van der Waals surface area (Å²) in [5, 5.41) is 16.6. The van der Waals surface area contributed by atoms with Gasteiger partial charge in [-0.1, -0.05) is 44.2 Å². The number of hydrogen-bond acceptors (Lipinski definition) is 2. The van der Waals surface area contributed by atoms with Gasteiger partial charge in [-0.2, -0.15) is 0 Å². The van der Waals surface area contributed by atoms with Crippen LogP contribution in [-0.4, -0.2) is 10.8 Å². The molecule has 0 spiro atoms. The molecule has 72 valence electrons. The fourth-order valence-corrected chi connectivity index (χ4v) is 0.885. The zero-order valence-corrected chi connectivity index (χ0v) is 8.41. The van der Waals surface area contributed by atoms with Crippen molar-refractivity contribution in [1.82, 2.24) is 0 Å². The van der Waals surface area contributed by atoms with Crippen LogP contribution in [0.5, 0.6) is 0 Å². The smallest absolute Gasteiger partial charge is 0.116 e. The average Bonchev–Trinajstić information content (AvgIpc) is 2.21. The van der Waals surface area contributed by atoms with Crippen LogP contribution in [0.25, 0.3) is 0 Å². The van der Waals surface area contributed by atoms with Crippen LogP contribution in [-0.2, 0) is 0 Å². The van der Waals surface area contributed by atoms with Crippen LogP contribution in [0.2, 0.25) is 0 Å². The van der Waals surface area contributed by atoms with Crippen molar-refractivity contribution in [2.45, 2.75) is 26.9 Å². The number of rotatable bonds is 2. The van der Waals surface area contributed by atoms with Gasteiger partial charge in [-0.3, -0.25) is 0 Å². The van der Waals surface area contributed by atoms with Gasteiger partial charge in [0.2, 0.25) is 0 Å². The van der Waals surface area contributed by atoms with E-state index in [-0.39, 0.29) is 5.71 Å². The maximum atomic E-state index is 9.37. The van der Waals surface area contributed by atoms with E-state index in [9.17, 15) is 5.11 Å². The molecule has 2 heteroatoms. The van der Waals surface area contributed by atoms with Gasteiger partial charge in [-0.05, 0) is 12.5 Å². The normalized spacial score (nSPS) is 11.1. The van der Waals surface area contributed by atoms with Crippen molar-refractivity contribution < 1.29 is 5.11 Å². The van der Waals surface area contributed by atoms with Crippen LogP contribution in [0, 0.1) is 5.41 Å². The van der Waals surface area contributed by atoms with Crippen molar-refractivity contribution >= 4 is 5.71 Å². The summed E-state index contributed by atoms with van der Waals surface area (Å²) in [6, 6.07) is 9.20. The lowest BCUT2D eigenvalue weighted by molar-refractivity contribution is 0.246. The van der Waals surface area contributed by atoms with Crippen LogP contribution in [0.15, 0.2) is 30.3 Å². The minimum Gasteiger partial charge on any atom is -0.382 e. The summed E-state index contributed by atoms with van der Waals surface area (Å²) >= 11 is 0. The molecule has 1 rings (SSSR count). The maximum absolute atomic E-state index is 9.37. The molecular weight excluding hydrogens is 162 g/mol. The lowest BCUT2D eigenvalue weighted by Crippen LogP contribution is -2.05. The van der Waals surface area contributed by atoms with Gasteiger partial charge in [0, 0.05) is 5.71 Å². The summed E-state index contributed by atoms with van der Waals surface area (Å²) in [4.78, 5) is 0. The fourth-order valence-electron chi connectivity index (χ4n) is 0.885. The number of aliphatic hydroxyl groups excluding tert-OH is 1. The summed E-state index contributed by atoms with van der Waals surface area (Å²) in [5.41, 5.74) is 1.05. The Bertz CT molecular complexity index is 244. The Morgan fingerprint density at radius 3 is 2.08 bits per heavy atom. The van der Waals surface area contributed by atoms with E-state index >= 15 is 0 Å². The second-order valence-corrected chi connectivity index (χ2v) is 2.50. The van der Waals surface area contributed by atoms with Gasteiger partial charge in [0.15, 0.2) is 0 Å². The Kier molecular flexibility index (Phi) is 5.81. The molecule has 0 radical (unpaired) electrons. The lowest BCUT2D eigenvalue weighted by atomic mass is 10.1. The van der Waals surface area contributed by atoms with Gasteiger partial charge in [-0.15, -0.1) is 0 Å². The Labute approximate surface area is 79.7 Å². The zero-order valence-electron chi connectivity index (χ0n) is 8.41. The quantitative estimate of drug-likeness (QED) is 0.674. The topological polar surface area (TPSA) is 44.1 Å². The summed E-state index contributed by atoms with van der Waals surface area (Å²) in [7, 11) is 0. The van der Waals surface area contributed by atoms with Crippen LogP contribution < -0.4 is 0 Å². The highest BCUT2D eigenvalue weighted by molar-refractivity contribution is 5.84. The molecule has 0 aliphatic heterocycles. The Hall–Kier alpha value is -1.15. The third kappa shape index (κ3) is 3.85. The van der Waals surface area contributed by atoms with Crippen molar-refractivity contribution in [3.05, 3.63) is 35.9 Å². The molecule has 0 amide bonds. The van der Waals surface area contributed by atoms with Gasteiger partial charge in [-0.25, -0.2) is 0 Å². The minimum atomic E-state index is -0.740. The number of aliphatic hydroxyl groups is 1. The minimum absolute atomic E-state index is 0.274. The van der Waals surface area contributed by atoms with E-state index in [0.29, 0.717) is 0 Å². The molecule has 2 N–H and O–H groups in total. The van der Waals surface area contributed by atoms with Crippen molar-refractivity contribution in [3.63, 3.8) is 0 Å². The molecule has 1 aromatic carbocycles. The van der Waals surface area contributed by atoms with E-state index in [1.165, 1.54) is 0 Å². The molecule has 0 bridgehead atoms. The van der Waals surface area contributed by atoms with E-state index in [4.69, 9.17) is 5.41 Å². The molecule has 0 aliphatic rings. The molecule has 0 aromatic heterocycles. The standard InChI is InChI=1S/C9H11NO.C2H6/c1-7(10)9(11)8-5-3-2-4-6-8;1-2/h2-6,9-11H,1H3;1-2H3. The summed E-state index contributed by atoms with van der Waals surface area (Å²) in [6.07, 6.45) is -0.740. The molecule has 1 unspecified atom stereocenters. The van der Waals surface area contributed by atoms with E-state index in [0.717, 1.165) is 5.56 Å². The molecule has 1 aromatic rings. The molecule has 13 heavy (non-hydrogen) atoms. The van der Waals surface area contributed by atoms with Crippen LogP contribution in [0.4, 0.5) is 0 Å². The van der Waals surface area contributed by atoms with E-state index in [1.807, 2.05) is 44.2 Å². The lowest BCUT2D eigenvalue weighted by Gasteiger charge is -2.07. The molecule has 1 atom stereocenters. The zero-order chi connectivity index (χ0) is 10.3. The Morgan fingerprint density at radius 1 is 1.23 bits per heavy atom. The van der Waals surface area contributed by atoms with Gasteiger partial charge >= 0.3 is 0 Å². The predicted octanol–water partition coefficient (Wildman–Crippen LogP) is 2.79. The fraction of sp³-hybridized carbons (Fsp3) is 0.364. The highest BCUT2D eigenvalue weighted by Crippen LogP contribution is 2.12. The number of hydrogen-bond donors (Lipinski definition) is 2. The van der Waals surface area contributed by atoms with Gasteiger partial charge in [0.1, 0.15) is 6.10 Å². The van der Waals surface area contributed by atoms with E-state index < -0.39 is 6.10 Å². The Balaban J connectivity index is 0.000000671. The molecule has 0 fully saturated rings. The second kappa shape index (κ2) is 6.38. The highest BCUT2D eigenvalue weighted by atomic mass is 16.3. The average molecular weight is 179 g/mol. The molecule has 2 nitrogen and oxygen atoms in total. The first-order valence-electron chi connectivity index (χ1n) is 4.50. The predicted molar refractivity (Wildman–Crippen MR) is 56.2 cm³/mol. The van der Waals surface area contributed by atoms with Crippen molar-refractivity contribution in [2.75, 3.05) is 0 Å². The van der Waals surface area contributed by atoms with Crippen LogP contribution >= 0.6 is 0 Å². The third-order valence-electron chi connectivity index (χ3n) is 1.53. The molecular formula is C11H17NO. The summed E-state index contributed by atoms with van der Waals surface area (Å²) in [5.74, 6) is 0.